The van der Waals surface area contributed by atoms with Crippen molar-refractivity contribution in [1.29, 1.82) is 0 Å². The molecule has 0 spiro atoms. The summed E-state index contributed by atoms with van der Waals surface area (Å²) in [7, 11) is 0. The second kappa shape index (κ2) is 6.17. The average Bonchev–Trinajstić information content (AvgIpc) is 3.09. The van der Waals surface area contributed by atoms with Crippen LogP contribution in [-0.2, 0) is 13.0 Å². The van der Waals surface area contributed by atoms with Crippen LogP contribution in [0.2, 0.25) is 0 Å². The van der Waals surface area contributed by atoms with Crippen LogP contribution in [0, 0.1) is 13.8 Å². The Morgan fingerprint density at radius 2 is 2.09 bits per heavy atom. The molecule has 3 aromatic heterocycles. The fraction of sp³-hybridized carbons (Fsp3) is 0.438. The maximum Gasteiger partial charge on any atom is 0.157 e. The van der Waals surface area contributed by atoms with Crippen LogP contribution in [0.15, 0.2) is 24.4 Å². The normalized spacial score (nSPS) is 11.2. The highest BCUT2D eigenvalue weighted by Crippen LogP contribution is 2.13. The van der Waals surface area contributed by atoms with Crippen LogP contribution in [0.25, 0.3) is 5.65 Å². The van der Waals surface area contributed by atoms with E-state index in [0.29, 0.717) is 0 Å². The van der Waals surface area contributed by atoms with Crippen LogP contribution in [-0.4, -0.2) is 30.9 Å². The highest BCUT2D eigenvalue weighted by molar-refractivity contribution is 5.49. The number of hydrogen-bond donors (Lipinski definition) is 1. The molecule has 0 radical (unpaired) electrons. The number of nitrogens with zero attached hydrogens (tertiary/aromatic N) is 5. The maximum absolute atomic E-state index is 4.55. The molecule has 3 aromatic rings. The fourth-order valence-electron chi connectivity index (χ4n) is 2.62. The average molecular weight is 298 g/mol. The fourth-order valence-corrected chi connectivity index (χ4v) is 2.62. The minimum absolute atomic E-state index is 0.875. The number of aryl methyl sites for hydroxylation is 4. The van der Waals surface area contributed by atoms with Crippen LogP contribution >= 0.6 is 0 Å². The van der Waals surface area contributed by atoms with Gasteiger partial charge in [-0.3, -0.25) is 4.68 Å². The van der Waals surface area contributed by atoms with Gasteiger partial charge in [-0.15, -0.1) is 0 Å². The summed E-state index contributed by atoms with van der Waals surface area (Å²) in [6.45, 7) is 8.03. The van der Waals surface area contributed by atoms with Gasteiger partial charge in [-0.1, -0.05) is 6.92 Å². The van der Waals surface area contributed by atoms with Crippen molar-refractivity contribution in [3.05, 3.63) is 41.5 Å². The topological polar surface area (TPSA) is 60.0 Å². The molecule has 0 aliphatic rings. The van der Waals surface area contributed by atoms with Gasteiger partial charge in [0.25, 0.3) is 0 Å². The van der Waals surface area contributed by atoms with Crippen molar-refractivity contribution in [2.24, 2.45) is 0 Å². The Kier molecular flexibility index (Phi) is 4.09. The molecular weight excluding hydrogens is 276 g/mol. The van der Waals surface area contributed by atoms with Crippen LogP contribution in [0.4, 0.5) is 5.82 Å². The quantitative estimate of drug-likeness (QED) is 0.711. The Hall–Kier alpha value is -2.37. The van der Waals surface area contributed by atoms with Crippen LogP contribution < -0.4 is 5.32 Å². The molecule has 0 aliphatic carbocycles. The molecule has 3 rings (SSSR count). The Balaban J connectivity index is 1.64. The van der Waals surface area contributed by atoms with E-state index < -0.39 is 0 Å². The Morgan fingerprint density at radius 3 is 2.82 bits per heavy atom. The van der Waals surface area contributed by atoms with E-state index in [4.69, 9.17) is 0 Å². The van der Waals surface area contributed by atoms with Crippen LogP contribution in [0.5, 0.6) is 0 Å². The molecule has 116 valence electrons. The smallest absolute Gasteiger partial charge is 0.157 e. The first-order valence-electron chi connectivity index (χ1n) is 7.76. The Morgan fingerprint density at radius 1 is 1.23 bits per heavy atom. The zero-order valence-corrected chi connectivity index (χ0v) is 13.4. The summed E-state index contributed by atoms with van der Waals surface area (Å²) in [5, 5.41) is 12.3. The number of anilines is 1. The molecule has 0 aliphatic heterocycles. The van der Waals surface area contributed by atoms with Crippen molar-refractivity contribution in [2.45, 2.75) is 40.2 Å². The predicted octanol–water partition coefficient (Wildman–Crippen LogP) is 2.61. The molecule has 6 heteroatoms. The van der Waals surface area contributed by atoms with Crippen molar-refractivity contribution >= 4 is 11.5 Å². The number of fused-ring (bicyclic) bond motifs is 1. The summed E-state index contributed by atoms with van der Waals surface area (Å²) < 4.78 is 3.91. The molecule has 6 nitrogen and oxygen atoms in total. The second-order valence-corrected chi connectivity index (χ2v) is 5.52. The molecule has 0 atom stereocenters. The highest BCUT2D eigenvalue weighted by Gasteiger charge is 2.05. The van der Waals surface area contributed by atoms with E-state index >= 15 is 0 Å². The van der Waals surface area contributed by atoms with E-state index in [-0.39, 0.29) is 0 Å². The van der Waals surface area contributed by atoms with Crippen molar-refractivity contribution in [2.75, 3.05) is 11.9 Å². The summed E-state index contributed by atoms with van der Waals surface area (Å²) in [5.74, 6) is 1.00. The molecule has 0 saturated carbocycles. The van der Waals surface area contributed by atoms with E-state index in [1.54, 1.807) is 6.20 Å². The van der Waals surface area contributed by atoms with Crippen molar-refractivity contribution in [3.63, 3.8) is 0 Å². The third-order valence-electron chi connectivity index (χ3n) is 3.73. The molecule has 1 N–H and O–H groups in total. The van der Waals surface area contributed by atoms with Crippen molar-refractivity contribution in [3.8, 4) is 0 Å². The molecule has 0 amide bonds. The zero-order chi connectivity index (χ0) is 15.5. The standard InChI is InChI=1S/C16H22N6/c1-4-14-11-16(22-15(19-14)6-8-18-22)17-7-5-9-21-13(3)10-12(2)20-21/h6,8,10-11,17H,4-5,7,9H2,1-3H3. The van der Waals surface area contributed by atoms with Gasteiger partial charge < -0.3 is 5.32 Å². The van der Waals surface area contributed by atoms with Crippen LogP contribution in [0.3, 0.4) is 0 Å². The molecule has 0 unspecified atom stereocenters. The highest BCUT2D eigenvalue weighted by atomic mass is 15.3. The van der Waals surface area contributed by atoms with Gasteiger partial charge in [0.2, 0.25) is 0 Å². The maximum atomic E-state index is 4.55. The number of aromatic nitrogens is 5. The van der Waals surface area contributed by atoms with Gasteiger partial charge >= 0.3 is 0 Å². The van der Waals surface area contributed by atoms with E-state index in [1.807, 2.05) is 17.5 Å². The summed E-state index contributed by atoms with van der Waals surface area (Å²) in [4.78, 5) is 4.55. The van der Waals surface area contributed by atoms with Crippen molar-refractivity contribution < 1.29 is 0 Å². The third-order valence-corrected chi connectivity index (χ3v) is 3.73. The monoisotopic (exact) mass is 298 g/mol. The summed E-state index contributed by atoms with van der Waals surface area (Å²) in [6.07, 6.45) is 3.71. The van der Waals surface area contributed by atoms with E-state index in [9.17, 15) is 0 Å². The Bertz CT molecular complexity index is 770. The molecular formula is C16H22N6. The largest absolute Gasteiger partial charge is 0.370 e. The first kappa shape index (κ1) is 14.6. The van der Waals surface area contributed by atoms with Gasteiger partial charge in [-0.25, -0.2) is 4.98 Å². The minimum Gasteiger partial charge on any atom is -0.370 e. The van der Waals surface area contributed by atoms with E-state index in [2.05, 4.69) is 51.2 Å². The summed E-state index contributed by atoms with van der Waals surface area (Å²) in [6, 6.07) is 6.11. The third kappa shape index (κ3) is 2.95. The molecule has 0 saturated heterocycles. The molecule has 22 heavy (non-hydrogen) atoms. The van der Waals surface area contributed by atoms with Gasteiger partial charge in [0, 0.05) is 36.6 Å². The number of nitrogens with one attached hydrogen (secondary N) is 1. The van der Waals surface area contributed by atoms with Gasteiger partial charge in [-0.05, 0) is 32.8 Å². The minimum atomic E-state index is 0.875. The van der Waals surface area contributed by atoms with Gasteiger partial charge in [0.05, 0.1) is 11.9 Å². The van der Waals surface area contributed by atoms with Gasteiger partial charge in [-0.2, -0.15) is 14.7 Å². The molecule has 0 fully saturated rings. The predicted molar refractivity (Wildman–Crippen MR) is 87.2 cm³/mol. The van der Waals surface area contributed by atoms with E-state index in [1.165, 1.54) is 5.69 Å². The summed E-state index contributed by atoms with van der Waals surface area (Å²) in [5.41, 5.74) is 4.25. The lowest BCUT2D eigenvalue weighted by Crippen LogP contribution is -2.12. The first-order chi connectivity index (χ1) is 10.7. The van der Waals surface area contributed by atoms with E-state index in [0.717, 1.165) is 48.8 Å². The van der Waals surface area contributed by atoms with Crippen molar-refractivity contribution in [1.82, 2.24) is 24.4 Å². The lowest BCUT2D eigenvalue weighted by atomic mass is 10.3. The summed E-state index contributed by atoms with van der Waals surface area (Å²) >= 11 is 0. The second-order valence-electron chi connectivity index (χ2n) is 5.52. The SMILES string of the molecule is CCc1cc(NCCCn2nc(C)cc2C)n2nccc2n1. The Labute approximate surface area is 130 Å². The lowest BCUT2D eigenvalue weighted by molar-refractivity contribution is 0.573. The molecule has 0 aromatic carbocycles. The van der Waals surface area contributed by atoms with Gasteiger partial charge in [0.15, 0.2) is 5.65 Å². The molecule has 3 heterocycles. The number of rotatable bonds is 6. The first-order valence-corrected chi connectivity index (χ1v) is 7.76. The zero-order valence-electron chi connectivity index (χ0n) is 13.4. The lowest BCUT2D eigenvalue weighted by Gasteiger charge is -2.10. The number of hydrogen-bond acceptors (Lipinski definition) is 4. The van der Waals surface area contributed by atoms with Crippen LogP contribution in [0.1, 0.15) is 30.4 Å². The van der Waals surface area contributed by atoms with Gasteiger partial charge in [0.1, 0.15) is 5.82 Å². The molecule has 0 bridgehead atoms.